The molecule has 1 amide bonds. The summed E-state index contributed by atoms with van der Waals surface area (Å²) in [5.74, 6) is 0.241. The zero-order valence-corrected chi connectivity index (χ0v) is 13.9. The van der Waals surface area contributed by atoms with E-state index >= 15 is 0 Å². The van der Waals surface area contributed by atoms with Gasteiger partial charge in [0.05, 0.1) is 12.6 Å². The van der Waals surface area contributed by atoms with Crippen molar-refractivity contribution < 1.29 is 4.79 Å². The Hall–Kier alpha value is -1.50. The molecule has 0 spiro atoms. The molecule has 126 valence electrons. The molecule has 23 heavy (non-hydrogen) atoms. The Morgan fingerprint density at radius 3 is 2.74 bits per heavy atom. The number of nitrogens with one attached hydrogen (secondary N) is 1. The Bertz CT molecular complexity index is 501. The minimum Gasteiger partial charge on any atom is -0.332 e. The van der Waals surface area contributed by atoms with Crippen LogP contribution in [0, 0.1) is 0 Å². The highest BCUT2D eigenvalue weighted by Gasteiger charge is 2.29. The largest absolute Gasteiger partial charge is 0.332 e. The number of hydrogen-bond donors (Lipinski definition) is 1. The first-order valence-corrected chi connectivity index (χ1v) is 8.62. The number of piperazine rings is 2. The van der Waals surface area contributed by atoms with E-state index in [-0.39, 0.29) is 11.9 Å². The summed E-state index contributed by atoms with van der Waals surface area (Å²) >= 11 is 0. The molecule has 1 aromatic heterocycles. The number of likely N-dealkylation sites (N-methyl/N-ethyl adjacent to an activating group) is 1. The van der Waals surface area contributed by atoms with Crippen molar-refractivity contribution in [1.82, 2.24) is 25.0 Å². The van der Waals surface area contributed by atoms with Crippen LogP contribution in [0.4, 0.5) is 0 Å². The Balaban J connectivity index is 1.61. The van der Waals surface area contributed by atoms with Gasteiger partial charge in [0, 0.05) is 58.2 Å². The van der Waals surface area contributed by atoms with E-state index in [0.29, 0.717) is 6.54 Å². The molecule has 1 atom stereocenters. The molecule has 2 aliphatic rings. The van der Waals surface area contributed by atoms with Crippen molar-refractivity contribution in [2.24, 2.45) is 0 Å². The average molecular weight is 317 g/mol. The zero-order valence-electron chi connectivity index (χ0n) is 13.9. The first-order chi connectivity index (χ1) is 11.3. The van der Waals surface area contributed by atoms with E-state index in [4.69, 9.17) is 0 Å². The molecule has 6 heteroatoms. The molecule has 1 N–H and O–H groups in total. The standard InChI is InChI=1S/C17H27N5O/c1-2-20-8-10-21(11-9-20)14-17(23)22-7-6-19-13-16(22)15-4-3-5-18-12-15/h3-5,12,16,19H,2,6-11,13-14H2,1H3. The second-order valence-corrected chi connectivity index (χ2v) is 6.30. The molecule has 0 bridgehead atoms. The summed E-state index contributed by atoms with van der Waals surface area (Å²) in [7, 11) is 0. The minimum absolute atomic E-state index is 0.0990. The van der Waals surface area contributed by atoms with Crippen molar-refractivity contribution in [2.75, 3.05) is 58.9 Å². The van der Waals surface area contributed by atoms with Gasteiger partial charge in [-0.15, -0.1) is 0 Å². The maximum atomic E-state index is 12.8. The molecule has 2 saturated heterocycles. The smallest absolute Gasteiger partial charge is 0.237 e. The molecular formula is C17H27N5O. The van der Waals surface area contributed by atoms with Crippen LogP contribution in [0.3, 0.4) is 0 Å². The number of nitrogens with zero attached hydrogens (tertiary/aromatic N) is 4. The lowest BCUT2D eigenvalue weighted by Gasteiger charge is -2.39. The van der Waals surface area contributed by atoms with Crippen LogP contribution in [0.15, 0.2) is 24.5 Å². The van der Waals surface area contributed by atoms with Crippen molar-refractivity contribution in [3.8, 4) is 0 Å². The number of pyridine rings is 1. The van der Waals surface area contributed by atoms with E-state index in [2.05, 4.69) is 33.1 Å². The SMILES string of the molecule is CCN1CCN(CC(=O)N2CCNCC2c2cccnc2)CC1. The molecule has 2 fully saturated rings. The Morgan fingerprint density at radius 2 is 2.04 bits per heavy atom. The summed E-state index contributed by atoms with van der Waals surface area (Å²) in [6.45, 7) is 10.4. The maximum absolute atomic E-state index is 12.8. The van der Waals surface area contributed by atoms with Crippen LogP contribution in [0.25, 0.3) is 0 Å². The maximum Gasteiger partial charge on any atom is 0.237 e. The summed E-state index contributed by atoms with van der Waals surface area (Å²) in [6, 6.07) is 4.10. The van der Waals surface area contributed by atoms with Gasteiger partial charge in [0.25, 0.3) is 0 Å². The van der Waals surface area contributed by atoms with Crippen molar-refractivity contribution in [3.05, 3.63) is 30.1 Å². The molecule has 0 radical (unpaired) electrons. The van der Waals surface area contributed by atoms with Crippen LogP contribution in [0.5, 0.6) is 0 Å². The molecular weight excluding hydrogens is 290 g/mol. The van der Waals surface area contributed by atoms with Gasteiger partial charge in [-0.2, -0.15) is 0 Å². The van der Waals surface area contributed by atoms with E-state index in [0.717, 1.165) is 57.9 Å². The van der Waals surface area contributed by atoms with Crippen LogP contribution in [0.2, 0.25) is 0 Å². The predicted octanol–water partition coefficient (Wildman–Crippen LogP) is 0.192. The second kappa shape index (κ2) is 7.86. The molecule has 1 unspecified atom stereocenters. The highest BCUT2D eigenvalue weighted by Crippen LogP contribution is 2.21. The van der Waals surface area contributed by atoms with Gasteiger partial charge in [-0.25, -0.2) is 0 Å². The Labute approximate surface area is 138 Å². The fourth-order valence-electron chi connectivity index (χ4n) is 3.42. The van der Waals surface area contributed by atoms with Crippen LogP contribution in [0.1, 0.15) is 18.5 Å². The second-order valence-electron chi connectivity index (χ2n) is 6.30. The van der Waals surface area contributed by atoms with Crippen molar-refractivity contribution in [1.29, 1.82) is 0 Å². The summed E-state index contributed by atoms with van der Waals surface area (Å²) in [6.07, 6.45) is 3.65. The summed E-state index contributed by atoms with van der Waals surface area (Å²) in [5, 5.41) is 3.39. The molecule has 0 saturated carbocycles. The van der Waals surface area contributed by atoms with Crippen LogP contribution < -0.4 is 5.32 Å². The highest BCUT2D eigenvalue weighted by atomic mass is 16.2. The van der Waals surface area contributed by atoms with Gasteiger partial charge < -0.3 is 15.1 Å². The van der Waals surface area contributed by atoms with Crippen molar-refractivity contribution in [3.63, 3.8) is 0 Å². The molecule has 6 nitrogen and oxygen atoms in total. The summed E-state index contributed by atoms with van der Waals surface area (Å²) in [5.41, 5.74) is 1.11. The van der Waals surface area contributed by atoms with Gasteiger partial charge in [0.1, 0.15) is 0 Å². The van der Waals surface area contributed by atoms with Gasteiger partial charge in [-0.05, 0) is 18.2 Å². The lowest BCUT2D eigenvalue weighted by Crippen LogP contribution is -2.54. The van der Waals surface area contributed by atoms with E-state index in [1.165, 1.54) is 0 Å². The number of amides is 1. The lowest BCUT2D eigenvalue weighted by atomic mass is 10.1. The predicted molar refractivity (Wildman–Crippen MR) is 90.1 cm³/mol. The van der Waals surface area contributed by atoms with E-state index in [9.17, 15) is 4.79 Å². The minimum atomic E-state index is 0.0990. The first kappa shape index (κ1) is 16.4. The normalized spacial score (nSPS) is 23.9. The van der Waals surface area contributed by atoms with Gasteiger partial charge in [0.2, 0.25) is 5.91 Å². The average Bonchev–Trinajstić information content (AvgIpc) is 2.63. The number of carbonyl (C=O) groups is 1. The van der Waals surface area contributed by atoms with E-state index in [1.807, 2.05) is 17.2 Å². The van der Waals surface area contributed by atoms with Gasteiger partial charge in [-0.1, -0.05) is 13.0 Å². The number of carbonyl (C=O) groups excluding carboxylic acids is 1. The van der Waals surface area contributed by atoms with Crippen LogP contribution in [-0.2, 0) is 4.79 Å². The topological polar surface area (TPSA) is 51.7 Å². The number of hydrogen-bond acceptors (Lipinski definition) is 5. The first-order valence-electron chi connectivity index (χ1n) is 8.62. The fraction of sp³-hybridized carbons (Fsp3) is 0.647. The highest BCUT2D eigenvalue weighted by molar-refractivity contribution is 5.79. The van der Waals surface area contributed by atoms with E-state index in [1.54, 1.807) is 6.20 Å². The third-order valence-electron chi connectivity index (χ3n) is 4.90. The molecule has 0 aliphatic carbocycles. The number of rotatable bonds is 4. The van der Waals surface area contributed by atoms with Gasteiger partial charge in [0.15, 0.2) is 0 Å². The van der Waals surface area contributed by atoms with Crippen LogP contribution in [-0.4, -0.2) is 84.5 Å². The third kappa shape index (κ3) is 4.07. The lowest BCUT2D eigenvalue weighted by molar-refractivity contribution is -0.136. The molecule has 3 heterocycles. The molecule has 2 aliphatic heterocycles. The van der Waals surface area contributed by atoms with Gasteiger partial charge >= 0.3 is 0 Å². The number of aromatic nitrogens is 1. The summed E-state index contributed by atoms with van der Waals surface area (Å²) < 4.78 is 0. The monoisotopic (exact) mass is 317 g/mol. The molecule has 0 aromatic carbocycles. The molecule has 1 aromatic rings. The van der Waals surface area contributed by atoms with Crippen LogP contribution >= 0.6 is 0 Å². The Kier molecular flexibility index (Phi) is 5.59. The third-order valence-corrected chi connectivity index (χ3v) is 4.90. The zero-order chi connectivity index (χ0) is 16.1. The quantitative estimate of drug-likeness (QED) is 0.859. The molecule has 3 rings (SSSR count). The summed E-state index contributed by atoms with van der Waals surface area (Å²) in [4.78, 5) is 23.8. The van der Waals surface area contributed by atoms with E-state index < -0.39 is 0 Å². The van der Waals surface area contributed by atoms with Crippen molar-refractivity contribution in [2.45, 2.75) is 13.0 Å². The fourth-order valence-corrected chi connectivity index (χ4v) is 3.42. The van der Waals surface area contributed by atoms with Crippen molar-refractivity contribution >= 4 is 5.91 Å². The van der Waals surface area contributed by atoms with Gasteiger partial charge in [-0.3, -0.25) is 14.7 Å². The Morgan fingerprint density at radius 1 is 1.26 bits per heavy atom.